The SMILES string of the molecule is CCNC(c1cccc(Cl)c1)c1cnccn1. The number of nitrogens with zero attached hydrogens (tertiary/aromatic N) is 2. The van der Waals surface area contributed by atoms with E-state index in [0.717, 1.165) is 22.8 Å². The number of aromatic nitrogens is 2. The smallest absolute Gasteiger partial charge is 0.0801 e. The van der Waals surface area contributed by atoms with Gasteiger partial charge in [0.2, 0.25) is 0 Å². The van der Waals surface area contributed by atoms with Gasteiger partial charge >= 0.3 is 0 Å². The summed E-state index contributed by atoms with van der Waals surface area (Å²) in [7, 11) is 0. The number of nitrogens with one attached hydrogen (secondary N) is 1. The summed E-state index contributed by atoms with van der Waals surface area (Å²) in [5, 5.41) is 4.11. The first-order valence-electron chi connectivity index (χ1n) is 5.56. The highest BCUT2D eigenvalue weighted by molar-refractivity contribution is 6.30. The zero-order chi connectivity index (χ0) is 12.1. The van der Waals surface area contributed by atoms with Crippen molar-refractivity contribution < 1.29 is 0 Å². The quantitative estimate of drug-likeness (QED) is 0.903. The number of rotatable bonds is 4. The lowest BCUT2D eigenvalue weighted by Crippen LogP contribution is -2.23. The van der Waals surface area contributed by atoms with Crippen LogP contribution in [-0.4, -0.2) is 16.5 Å². The molecule has 2 rings (SSSR count). The molecule has 0 radical (unpaired) electrons. The Morgan fingerprint density at radius 3 is 2.88 bits per heavy atom. The van der Waals surface area contributed by atoms with E-state index in [-0.39, 0.29) is 6.04 Å². The maximum atomic E-state index is 6.01. The Bertz CT molecular complexity index is 473. The summed E-state index contributed by atoms with van der Waals surface area (Å²) in [5.74, 6) is 0. The largest absolute Gasteiger partial charge is 0.305 e. The molecule has 4 heteroatoms. The van der Waals surface area contributed by atoms with Gasteiger partial charge in [-0.2, -0.15) is 0 Å². The molecule has 0 aliphatic carbocycles. The fraction of sp³-hybridized carbons (Fsp3) is 0.231. The van der Waals surface area contributed by atoms with Crippen molar-refractivity contribution >= 4 is 11.6 Å². The Balaban J connectivity index is 2.35. The second-order valence-electron chi connectivity index (χ2n) is 3.68. The zero-order valence-electron chi connectivity index (χ0n) is 9.60. The molecule has 2 aromatic rings. The maximum absolute atomic E-state index is 6.01. The second kappa shape index (κ2) is 5.75. The summed E-state index contributed by atoms with van der Waals surface area (Å²) in [6.07, 6.45) is 5.14. The maximum Gasteiger partial charge on any atom is 0.0801 e. The first kappa shape index (κ1) is 12.0. The lowest BCUT2D eigenvalue weighted by molar-refractivity contribution is 0.613. The van der Waals surface area contributed by atoms with Crippen LogP contribution in [0, 0.1) is 0 Å². The summed E-state index contributed by atoms with van der Waals surface area (Å²) in [6, 6.07) is 7.83. The highest BCUT2D eigenvalue weighted by atomic mass is 35.5. The van der Waals surface area contributed by atoms with Gasteiger partial charge in [0.05, 0.1) is 17.9 Å². The van der Waals surface area contributed by atoms with Crippen molar-refractivity contribution in [2.45, 2.75) is 13.0 Å². The highest BCUT2D eigenvalue weighted by Crippen LogP contribution is 2.22. The average molecular weight is 248 g/mol. The molecule has 0 aliphatic rings. The monoisotopic (exact) mass is 247 g/mol. The van der Waals surface area contributed by atoms with Crippen LogP contribution >= 0.6 is 11.6 Å². The predicted molar refractivity (Wildman–Crippen MR) is 69.0 cm³/mol. The van der Waals surface area contributed by atoms with E-state index in [0.29, 0.717) is 0 Å². The van der Waals surface area contributed by atoms with Gasteiger partial charge in [0.25, 0.3) is 0 Å². The van der Waals surface area contributed by atoms with Crippen LogP contribution in [0.15, 0.2) is 42.9 Å². The van der Waals surface area contributed by atoms with Gasteiger partial charge in [-0.3, -0.25) is 9.97 Å². The third-order valence-electron chi connectivity index (χ3n) is 2.47. The molecule has 0 spiro atoms. The molecule has 1 unspecified atom stereocenters. The fourth-order valence-electron chi connectivity index (χ4n) is 1.74. The third kappa shape index (κ3) is 3.02. The average Bonchev–Trinajstić information content (AvgIpc) is 2.37. The second-order valence-corrected chi connectivity index (χ2v) is 4.11. The molecule has 1 heterocycles. The molecular formula is C13H14ClN3. The lowest BCUT2D eigenvalue weighted by atomic mass is 10.0. The van der Waals surface area contributed by atoms with Crippen molar-refractivity contribution in [3.05, 3.63) is 59.1 Å². The number of halogens is 1. The van der Waals surface area contributed by atoms with Gasteiger partial charge in [-0.1, -0.05) is 30.7 Å². The van der Waals surface area contributed by atoms with E-state index >= 15 is 0 Å². The van der Waals surface area contributed by atoms with Gasteiger partial charge < -0.3 is 5.32 Å². The van der Waals surface area contributed by atoms with E-state index in [1.165, 1.54) is 0 Å². The molecule has 0 saturated heterocycles. The topological polar surface area (TPSA) is 37.8 Å². The van der Waals surface area contributed by atoms with Crippen LogP contribution < -0.4 is 5.32 Å². The van der Waals surface area contributed by atoms with Gasteiger partial charge in [-0.05, 0) is 24.2 Å². The molecule has 0 saturated carbocycles. The van der Waals surface area contributed by atoms with Gasteiger partial charge in [0.1, 0.15) is 0 Å². The Morgan fingerprint density at radius 2 is 2.24 bits per heavy atom. The van der Waals surface area contributed by atoms with E-state index in [1.54, 1.807) is 18.6 Å². The minimum absolute atomic E-state index is 0.0346. The molecule has 88 valence electrons. The molecule has 1 aromatic carbocycles. The van der Waals surface area contributed by atoms with E-state index in [2.05, 4.69) is 22.2 Å². The van der Waals surface area contributed by atoms with Crippen LogP contribution in [0.1, 0.15) is 24.2 Å². The predicted octanol–water partition coefficient (Wildman–Crippen LogP) is 2.83. The fourth-order valence-corrected chi connectivity index (χ4v) is 1.94. The van der Waals surface area contributed by atoms with Crippen molar-refractivity contribution in [1.29, 1.82) is 0 Å². The van der Waals surface area contributed by atoms with Gasteiger partial charge in [-0.15, -0.1) is 0 Å². The molecular weight excluding hydrogens is 234 g/mol. The van der Waals surface area contributed by atoms with Crippen LogP contribution in [0.4, 0.5) is 0 Å². The normalized spacial score (nSPS) is 12.4. The van der Waals surface area contributed by atoms with E-state index < -0.39 is 0 Å². The molecule has 1 atom stereocenters. The number of benzene rings is 1. The third-order valence-corrected chi connectivity index (χ3v) is 2.70. The van der Waals surface area contributed by atoms with Gasteiger partial charge in [0, 0.05) is 17.4 Å². The summed E-state index contributed by atoms with van der Waals surface area (Å²) in [6.45, 7) is 2.92. The molecule has 1 N–H and O–H groups in total. The van der Waals surface area contributed by atoms with Gasteiger partial charge in [0.15, 0.2) is 0 Å². The Morgan fingerprint density at radius 1 is 1.35 bits per heavy atom. The van der Waals surface area contributed by atoms with Crippen LogP contribution in [-0.2, 0) is 0 Å². The molecule has 0 aliphatic heterocycles. The molecule has 17 heavy (non-hydrogen) atoms. The lowest BCUT2D eigenvalue weighted by Gasteiger charge is -2.17. The Labute approximate surface area is 106 Å². The van der Waals surface area contributed by atoms with Gasteiger partial charge in [-0.25, -0.2) is 0 Å². The molecule has 0 bridgehead atoms. The van der Waals surface area contributed by atoms with Crippen molar-refractivity contribution in [1.82, 2.24) is 15.3 Å². The standard InChI is InChI=1S/C13H14ClN3/c1-2-16-13(12-9-15-6-7-17-12)10-4-3-5-11(14)8-10/h3-9,13,16H,2H2,1H3. The number of hydrogen-bond acceptors (Lipinski definition) is 3. The van der Waals surface area contributed by atoms with Crippen molar-refractivity contribution in [3.63, 3.8) is 0 Å². The van der Waals surface area contributed by atoms with Crippen molar-refractivity contribution in [3.8, 4) is 0 Å². The molecule has 0 fully saturated rings. The highest BCUT2D eigenvalue weighted by Gasteiger charge is 2.14. The van der Waals surface area contributed by atoms with E-state index in [4.69, 9.17) is 11.6 Å². The Kier molecular flexibility index (Phi) is 4.07. The van der Waals surface area contributed by atoms with Crippen LogP contribution in [0.2, 0.25) is 5.02 Å². The minimum Gasteiger partial charge on any atom is -0.305 e. The molecule has 0 amide bonds. The Hall–Kier alpha value is -1.45. The molecule has 1 aromatic heterocycles. The van der Waals surface area contributed by atoms with E-state index in [1.807, 2.05) is 24.3 Å². The summed E-state index contributed by atoms with van der Waals surface area (Å²) in [5.41, 5.74) is 2.00. The molecule has 3 nitrogen and oxygen atoms in total. The first-order valence-corrected chi connectivity index (χ1v) is 5.94. The first-order chi connectivity index (χ1) is 8.31. The zero-order valence-corrected chi connectivity index (χ0v) is 10.4. The van der Waals surface area contributed by atoms with Crippen molar-refractivity contribution in [2.24, 2.45) is 0 Å². The summed E-state index contributed by atoms with van der Waals surface area (Å²) >= 11 is 6.01. The minimum atomic E-state index is 0.0346. The van der Waals surface area contributed by atoms with E-state index in [9.17, 15) is 0 Å². The summed E-state index contributed by atoms with van der Waals surface area (Å²) < 4.78 is 0. The van der Waals surface area contributed by atoms with Crippen LogP contribution in [0.5, 0.6) is 0 Å². The van der Waals surface area contributed by atoms with Crippen LogP contribution in [0.25, 0.3) is 0 Å². The van der Waals surface area contributed by atoms with Crippen molar-refractivity contribution in [2.75, 3.05) is 6.54 Å². The number of hydrogen-bond donors (Lipinski definition) is 1. The summed E-state index contributed by atoms with van der Waals surface area (Å²) in [4.78, 5) is 8.44. The van der Waals surface area contributed by atoms with Crippen LogP contribution in [0.3, 0.4) is 0 Å².